The highest BCUT2D eigenvalue weighted by Crippen LogP contribution is 2.25. The van der Waals surface area contributed by atoms with Crippen LogP contribution in [0.3, 0.4) is 0 Å². The van der Waals surface area contributed by atoms with Crippen molar-refractivity contribution in [1.82, 2.24) is 139 Å². The Morgan fingerprint density at radius 2 is 0.455 bits per heavy atom. The summed E-state index contributed by atoms with van der Waals surface area (Å²) in [7, 11) is 8.59. The second kappa shape index (κ2) is 84.3. The summed E-state index contributed by atoms with van der Waals surface area (Å²) in [5, 5.41) is 57.4. The van der Waals surface area contributed by atoms with E-state index < -0.39 is 0 Å². The Kier molecular flexibility index (Phi) is 79.3. The van der Waals surface area contributed by atoms with Crippen LogP contribution in [-0.2, 0) is 0 Å². The first kappa shape index (κ1) is 114. The van der Waals surface area contributed by atoms with Gasteiger partial charge in [-0.1, -0.05) is 65.7 Å². The summed E-state index contributed by atoms with van der Waals surface area (Å²) < 4.78 is 0. The molecule has 0 atom stereocenters. The molecule has 5 aliphatic carbocycles. The Hall–Kier alpha value is -1.28. The molecule has 0 radical (unpaired) electrons. The summed E-state index contributed by atoms with van der Waals surface area (Å²) in [6.45, 7) is 69.2. The van der Waals surface area contributed by atoms with E-state index in [-0.39, 0.29) is 0 Å². The van der Waals surface area contributed by atoms with Crippen molar-refractivity contribution in [3.63, 3.8) is 0 Å². The van der Waals surface area contributed by atoms with E-state index in [1.54, 1.807) is 0 Å². The molecule has 0 spiro atoms. The van der Waals surface area contributed by atoms with Crippen LogP contribution in [0.15, 0.2) is 0 Å². The van der Waals surface area contributed by atoms with Crippen LogP contribution in [0.5, 0.6) is 0 Å². The average Bonchev–Trinajstić information content (AvgIpc) is 0.877. The standard InChI is InChI=1S/C50H110N16.C34H86N16.C5H10/c1-4-53-27-39-66(50-15-8-16-50)40-28-57-26-36-64(42-41-61(3)32-23-55-19-18-54-20-21-58-47-9-5-10-47)35-25-56-24-34-62(31-17-51)43-45-65(38-30-60-49-13-7-14-49)46-44-63(33-22-52-2)37-29-59-48-11-6-12-48;1-4-40-10-11-42-13-15-44-18-27-50(30-29-46(3)24-17-43-14-12-41-9-5-35)28-20-45-19-26-48(22-7-37)32-34-49(23-8-38)33-31-47(21-6-36)25-16-39-2;1-5-3-2-4-5/h47-50,52-60H,4-46,51H2,1-3H3;39-45H,4-38H2,1-3H3;5H,2-4H2,1H3. The zero-order chi connectivity index (χ0) is 87.0. The lowest BCUT2D eigenvalue weighted by molar-refractivity contribution is 0.128. The van der Waals surface area contributed by atoms with Gasteiger partial charge in [0.1, 0.15) is 0 Å². The Morgan fingerprint density at radius 3 is 0.752 bits per heavy atom. The molecule has 0 aliphatic heterocycles. The lowest BCUT2D eigenvalue weighted by Gasteiger charge is -2.37. The molecule has 5 fully saturated rings. The molecule has 0 bridgehead atoms. The van der Waals surface area contributed by atoms with Crippen LogP contribution in [0.4, 0.5) is 0 Å². The minimum absolute atomic E-state index is 0.672. The molecule has 0 aromatic heterocycles. The van der Waals surface area contributed by atoms with E-state index in [4.69, 9.17) is 28.7 Å². The molecular weight excluding hydrogens is 1520 g/mol. The number of rotatable bonds is 91. The number of hydrogen-bond donors (Lipinski definition) is 21. The van der Waals surface area contributed by atoms with Crippen molar-refractivity contribution in [2.75, 3.05) is 434 Å². The fraction of sp³-hybridized carbons (Fsp3) is 1.00. The predicted molar refractivity (Wildman–Crippen MR) is 522 cm³/mol. The van der Waals surface area contributed by atoms with Gasteiger partial charge in [0.05, 0.1) is 0 Å². The summed E-state index contributed by atoms with van der Waals surface area (Å²) in [5.74, 6) is 1.06. The van der Waals surface area contributed by atoms with Gasteiger partial charge >= 0.3 is 0 Å². The normalized spacial score (nSPS) is 15.7. The Labute approximate surface area is 745 Å². The molecule has 0 amide bonds. The van der Waals surface area contributed by atoms with Crippen LogP contribution in [0.2, 0.25) is 0 Å². The lowest BCUT2D eigenvalue weighted by atomic mass is 9.88. The summed E-state index contributed by atoms with van der Waals surface area (Å²) in [6.07, 6.45) is 20.9. The van der Waals surface area contributed by atoms with Crippen molar-refractivity contribution in [2.24, 2.45) is 34.6 Å². The molecule has 0 aromatic rings. The smallest absolute Gasteiger partial charge is 0.0110 e. The molecule has 0 heterocycles. The first-order valence-corrected chi connectivity index (χ1v) is 50.2. The summed E-state index contributed by atoms with van der Waals surface area (Å²) in [6, 6.07) is 3.07. The topological polar surface area (TPSA) is 358 Å². The predicted octanol–water partition coefficient (Wildman–Crippen LogP) is -3.90. The van der Waals surface area contributed by atoms with E-state index in [1.165, 1.54) is 103 Å². The van der Waals surface area contributed by atoms with Crippen LogP contribution >= 0.6 is 0 Å². The van der Waals surface area contributed by atoms with E-state index >= 15 is 0 Å². The SMILES string of the molecule is CC1CCC1.CCNCCN(CCNCCN(CCNCCN(CCN)CCN(CCNC1CCC1)CCN(CCNC)CCNC1CCC1)CCN(C)CCNCCNCCNC1CCC1)C1CCC1.CCNCCNCCNCCN(CCNCCN(CCN)CCN(CCN)CCN(CCN)CCNC)CCN(C)CCNCCNCCN. The largest absolute Gasteiger partial charge is 0.329 e. The zero-order valence-electron chi connectivity index (χ0n) is 80.1. The molecule has 5 saturated carbocycles. The molecule has 121 heavy (non-hydrogen) atoms. The number of hydrogen-bond acceptors (Lipinski definition) is 32. The van der Waals surface area contributed by atoms with Gasteiger partial charge in [-0.25, -0.2) is 0 Å². The van der Waals surface area contributed by atoms with Crippen LogP contribution in [-0.4, -0.2) is 512 Å². The maximum absolute atomic E-state index is 6.21. The van der Waals surface area contributed by atoms with E-state index in [0.717, 1.165) is 397 Å². The molecule has 32 heteroatoms. The third kappa shape index (κ3) is 66.7. The molecule has 0 saturated heterocycles. The van der Waals surface area contributed by atoms with Gasteiger partial charge in [-0.2, -0.15) is 0 Å². The van der Waals surface area contributed by atoms with E-state index in [1.807, 2.05) is 7.05 Å². The first-order valence-electron chi connectivity index (χ1n) is 50.2. The first-order chi connectivity index (χ1) is 59.5. The van der Waals surface area contributed by atoms with Crippen molar-refractivity contribution in [3.8, 4) is 0 Å². The monoisotopic (exact) mass is 1720 g/mol. The van der Waals surface area contributed by atoms with Gasteiger partial charge in [0.25, 0.3) is 0 Å². The molecule has 0 unspecified atom stereocenters. The van der Waals surface area contributed by atoms with Crippen molar-refractivity contribution in [1.29, 1.82) is 0 Å². The highest BCUT2D eigenvalue weighted by Gasteiger charge is 2.25. The number of likely N-dealkylation sites (N-methyl/N-ethyl adjacent to an activating group) is 6. The summed E-state index contributed by atoms with van der Waals surface area (Å²) >= 11 is 0. The minimum Gasteiger partial charge on any atom is -0.329 e. The lowest BCUT2D eigenvalue weighted by Crippen LogP contribution is -2.48. The fourth-order valence-corrected chi connectivity index (χ4v) is 15.5. The Morgan fingerprint density at radius 1 is 0.223 bits per heavy atom. The van der Waals surface area contributed by atoms with Crippen LogP contribution in [0, 0.1) is 5.92 Å². The van der Waals surface area contributed by atoms with Crippen molar-refractivity contribution in [3.05, 3.63) is 0 Å². The summed E-state index contributed by atoms with van der Waals surface area (Å²) in [4.78, 5) is 28.3. The molecule has 722 valence electrons. The van der Waals surface area contributed by atoms with Crippen molar-refractivity contribution < 1.29 is 0 Å². The molecule has 32 nitrogen and oxygen atoms in total. The van der Waals surface area contributed by atoms with Gasteiger partial charge in [0, 0.05) is 417 Å². The number of nitrogens with one attached hydrogen (secondary N) is 16. The molecule has 26 N–H and O–H groups in total. The minimum atomic E-state index is 0.672. The molecule has 5 aliphatic rings. The number of nitrogens with two attached hydrogens (primary N) is 5. The number of nitrogens with zero attached hydrogens (tertiary/aromatic N) is 11. The fourth-order valence-electron chi connectivity index (χ4n) is 15.5. The van der Waals surface area contributed by atoms with E-state index in [2.05, 4.69) is 181 Å². The Bertz CT molecular complexity index is 2090. The van der Waals surface area contributed by atoms with Crippen LogP contribution in [0.25, 0.3) is 0 Å². The highest BCUT2D eigenvalue weighted by atomic mass is 15.3. The van der Waals surface area contributed by atoms with Crippen molar-refractivity contribution >= 4 is 0 Å². The maximum Gasteiger partial charge on any atom is 0.0110 e. The van der Waals surface area contributed by atoms with Crippen LogP contribution in [0.1, 0.15) is 117 Å². The third-order valence-electron chi connectivity index (χ3n) is 25.3. The maximum atomic E-state index is 6.21. The summed E-state index contributed by atoms with van der Waals surface area (Å²) in [5.41, 5.74) is 29.6. The van der Waals surface area contributed by atoms with E-state index in [9.17, 15) is 0 Å². The second-order valence-electron chi connectivity index (χ2n) is 35.3. The highest BCUT2D eigenvalue weighted by molar-refractivity contribution is 4.84. The molecular formula is C89H206N32. The Balaban J connectivity index is 0.000000611. The van der Waals surface area contributed by atoms with E-state index in [0.29, 0.717) is 32.7 Å². The third-order valence-corrected chi connectivity index (χ3v) is 25.3. The molecule has 0 aromatic carbocycles. The van der Waals surface area contributed by atoms with Crippen LogP contribution < -0.4 is 114 Å². The quantitative estimate of drug-likeness (QED) is 0.0259. The van der Waals surface area contributed by atoms with Gasteiger partial charge in [-0.05, 0) is 98.6 Å². The molecule has 5 rings (SSSR count). The second-order valence-corrected chi connectivity index (χ2v) is 35.3. The van der Waals surface area contributed by atoms with Crippen molar-refractivity contribution in [2.45, 2.75) is 141 Å². The van der Waals surface area contributed by atoms with Gasteiger partial charge in [0.15, 0.2) is 0 Å². The average molecular weight is 1720 g/mol. The van der Waals surface area contributed by atoms with Gasteiger partial charge in [-0.3, -0.25) is 44.1 Å². The van der Waals surface area contributed by atoms with Gasteiger partial charge < -0.3 is 124 Å². The van der Waals surface area contributed by atoms with Gasteiger partial charge in [0.2, 0.25) is 0 Å². The zero-order valence-corrected chi connectivity index (χ0v) is 80.1. The van der Waals surface area contributed by atoms with Gasteiger partial charge in [-0.15, -0.1) is 0 Å².